The molecule has 48 heavy (non-hydrogen) atoms. The van der Waals surface area contributed by atoms with Crippen LogP contribution in [0, 0.1) is 13.8 Å². The summed E-state index contributed by atoms with van der Waals surface area (Å²) in [5.41, 5.74) is 8.91. The topological polar surface area (TPSA) is 80.3 Å². The zero-order valence-corrected chi connectivity index (χ0v) is 31.0. The van der Waals surface area contributed by atoms with Crippen LogP contribution in [0.4, 0.5) is 0 Å². The summed E-state index contributed by atoms with van der Waals surface area (Å²) in [6.07, 6.45) is 2.15. The van der Waals surface area contributed by atoms with Crippen LogP contribution in [0.5, 0.6) is 23.3 Å². The first kappa shape index (κ1) is 34.7. The number of nitrogens with zero attached hydrogens (tertiary/aromatic N) is 1. The zero-order chi connectivity index (χ0) is 33.6. The lowest BCUT2D eigenvalue weighted by molar-refractivity contribution is 0.0757. The molecule has 1 aromatic heterocycles. The first-order valence-corrected chi connectivity index (χ1v) is 17.9. The van der Waals surface area contributed by atoms with Gasteiger partial charge >= 0.3 is 0 Å². The maximum absolute atomic E-state index is 6.39. The standard InChI is InChI=1S/C38H42Br2N2O6/c1-23-25(20-47-36-18-35(43-3)30(16-32(36)39)27-10-7-14-45-19-27)8-5-11-28(23)29-12-6-9-26(24(29)2)21-48-38-33(40)17-31(37(42-38)44-4)34-22-46-15-13-41-34/h5-6,8-9,11-12,16-18,27,34,41H,7,10,13-15,19-22H2,1-4H3. The van der Waals surface area contributed by atoms with Gasteiger partial charge in [0.05, 0.1) is 49.0 Å². The minimum absolute atomic E-state index is 0.0153. The van der Waals surface area contributed by atoms with E-state index in [1.54, 1.807) is 14.2 Å². The number of rotatable bonds is 11. The van der Waals surface area contributed by atoms with Gasteiger partial charge < -0.3 is 33.7 Å². The Labute approximate surface area is 299 Å². The van der Waals surface area contributed by atoms with Crippen molar-refractivity contribution in [2.45, 2.75) is 51.9 Å². The van der Waals surface area contributed by atoms with Crippen molar-refractivity contribution in [3.63, 3.8) is 0 Å². The summed E-state index contributed by atoms with van der Waals surface area (Å²) in [6, 6.07) is 18.8. The number of hydrogen-bond acceptors (Lipinski definition) is 8. The number of methoxy groups -OCH3 is 2. The van der Waals surface area contributed by atoms with Crippen LogP contribution < -0.4 is 24.3 Å². The molecule has 2 unspecified atom stereocenters. The Balaban J connectivity index is 1.18. The lowest BCUT2D eigenvalue weighted by Crippen LogP contribution is -2.34. The van der Waals surface area contributed by atoms with E-state index in [1.165, 1.54) is 5.56 Å². The summed E-state index contributed by atoms with van der Waals surface area (Å²) in [4.78, 5) is 4.69. The lowest BCUT2D eigenvalue weighted by Gasteiger charge is -2.25. The van der Waals surface area contributed by atoms with Crippen LogP contribution in [-0.4, -0.2) is 52.2 Å². The minimum atomic E-state index is 0.0153. The van der Waals surface area contributed by atoms with Gasteiger partial charge in [-0.25, -0.2) is 0 Å². The highest BCUT2D eigenvalue weighted by molar-refractivity contribution is 9.10. The quantitative estimate of drug-likeness (QED) is 0.162. The highest BCUT2D eigenvalue weighted by Crippen LogP contribution is 2.40. The van der Waals surface area contributed by atoms with Crippen molar-refractivity contribution in [2.24, 2.45) is 0 Å². The Morgan fingerprint density at radius 3 is 2.08 bits per heavy atom. The predicted molar refractivity (Wildman–Crippen MR) is 194 cm³/mol. The van der Waals surface area contributed by atoms with Crippen LogP contribution in [0.1, 0.15) is 58.2 Å². The molecule has 1 N–H and O–H groups in total. The molecule has 4 aromatic rings. The van der Waals surface area contributed by atoms with Crippen LogP contribution in [0.2, 0.25) is 0 Å². The van der Waals surface area contributed by atoms with Crippen LogP contribution in [-0.2, 0) is 22.7 Å². The second kappa shape index (κ2) is 16.0. The van der Waals surface area contributed by atoms with Gasteiger partial charge in [-0.05, 0) is 104 Å². The number of ether oxygens (including phenoxy) is 6. The van der Waals surface area contributed by atoms with Crippen LogP contribution in [0.15, 0.2) is 63.5 Å². The van der Waals surface area contributed by atoms with E-state index < -0.39 is 0 Å². The maximum Gasteiger partial charge on any atom is 0.231 e. The van der Waals surface area contributed by atoms with Crippen molar-refractivity contribution in [2.75, 3.05) is 47.2 Å². The molecule has 0 bridgehead atoms. The van der Waals surface area contributed by atoms with Crippen molar-refractivity contribution in [1.82, 2.24) is 10.3 Å². The van der Waals surface area contributed by atoms with E-state index in [0.717, 1.165) is 85.4 Å². The van der Waals surface area contributed by atoms with Crippen molar-refractivity contribution in [1.29, 1.82) is 0 Å². The Morgan fingerprint density at radius 2 is 1.46 bits per heavy atom. The number of aromatic nitrogens is 1. The van der Waals surface area contributed by atoms with Crippen LogP contribution in [0.25, 0.3) is 11.1 Å². The molecule has 2 aliphatic heterocycles. The first-order chi connectivity index (χ1) is 23.4. The molecular formula is C38H42Br2N2O6. The second-order valence-corrected chi connectivity index (χ2v) is 13.9. The van der Waals surface area contributed by atoms with Crippen LogP contribution in [0.3, 0.4) is 0 Å². The molecular weight excluding hydrogens is 740 g/mol. The predicted octanol–water partition coefficient (Wildman–Crippen LogP) is 8.62. The number of benzene rings is 3. The molecule has 2 atom stereocenters. The van der Waals surface area contributed by atoms with Gasteiger partial charge in [-0.1, -0.05) is 36.4 Å². The number of hydrogen-bond donors (Lipinski definition) is 1. The summed E-state index contributed by atoms with van der Waals surface area (Å²) < 4.78 is 37.1. The van der Waals surface area contributed by atoms with Crippen LogP contribution >= 0.6 is 31.9 Å². The lowest BCUT2D eigenvalue weighted by atomic mass is 9.91. The van der Waals surface area contributed by atoms with E-state index in [1.807, 2.05) is 12.1 Å². The number of morpholine rings is 1. The molecule has 3 heterocycles. The van der Waals surface area contributed by atoms with Gasteiger partial charge in [0.15, 0.2) is 0 Å². The fourth-order valence-corrected chi connectivity index (χ4v) is 7.38. The fraction of sp³-hybridized carbons (Fsp3) is 0.395. The SMILES string of the molecule is COc1cc(OCc2cccc(-c3cccc(COc4nc(OC)c(C5COCCN5)cc4Br)c3C)c2C)c(Br)cc1C1CCCOC1. The smallest absolute Gasteiger partial charge is 0.231 e. The molecule has 0 radical (unpaired) electrons. The molecule has 10 heteroatoms. The van der Waals surface area contributed by atoms with Crippen molar-refractivity contribution in [3.8, 4) is 34.4 Å². The molecule has 254 valence electrons. The van der Waals surface area contributed by atoms with Gasteiger partial charge in [0.2, 0.25) is 11.8 Å². The molecule has 0 saturated carbocycles. The van der Waals surface area contributed by atoms with E-state index in [9.17, 15) is 0 Å². The monoisotopic (exact) mass is 780 g/mol. The van der Waals surface area contributed by atoms with Gasteiger partial charge in [-0.2, -0.15) is 4.98 Å². The second-order valence-electron chi connectivity index (χ2n) is 12.2. The molecule has 2 saturated heterocycles. The highest BCUT2D eigenvalue weighted by atomic mass is 79.9. The van der Waals surface area contributed by atoms with E-state index in [-0.39, 0.29) is 6.04 Å². The normalized spacial score (nSPS) is 18.0. The Kier molecular flexibility index (Phi) is 11.6. The fourth-order valence-electron chi connectivity index (χ4n) is 6.46. The average Bonchev–Trinajstić information content (AvgIpc) is 3.12. The third-order valence-corrected chi connectivity index (χ3v) is 10.4. The zero-order valence-electron chi connectivity index (χ0n) is 27.9. The van der Waals surface area contributed by atoms with E-state index in [0.29, 0.717) is 50.7 Å². The third kappa shape index (κ3) is 7.68. The molecule has 6 rings (SSSR count). The molecule has 3 aromatic carbocycles. The first-order valence-electron chi connectivity index (χ1n) is 16.3. The summed E-state index contributed by atoms with van der Waals surface area (Å²) in [5.74, 6) is 2.91. The Hall–Kier alpha value is -3.15. The van der Waals surface area contributed by atoms with Gasteiger partial charge in [-0.3, -0.25) is 0 Å². The Morgan fingerprint density at radius 1 is 0.771 bits per heavy atom. The molecule has 0 spiro atoms. The van der Waals surface area contributed by atoms with Crippen molar-refractivity contribution in [3.05, 3.63) is 96.9 Å². The minimum Gasteiger partial charge on any atom is -0.496 e. The van der Waals surface area contributed by atoms with Crippen molar-refractivity contribution < 1.29 is 28.4 Å². The van der Waals surface area contributed by atoms with E-state index in [2.05, 4.69) is 93.5 Å². The Bertz CT molecular complexity index is 1610. The average molecular weight is 783 g/mol. The molecule has 0 amide bonds. The van der Waals surface area contributed by atoms with Crippen molar-refractivity contribution >= 4 is 31.9 Å². The number of halogens is 2. The summed E-state index contributed by atoms with van der Waals surface area (Å²) in [6.45, 7) is 8.67. The van der Waals surface area contributed by atoms with E-state index in [4.69, 9.17) is 33.4 Å². The third-order valence-electron chi connectivity index (χ3n) is 9.24. The summed E-state index contributed by atoms with van der Waals surface area (Å²) in [5, 5.41) is 3.46. The van der Waals surface area contributed by atoms with E-state index >= 15 is 0 Å². The highest BCUT2D eigenvalue weighted by Gasteiger charge is 2.24. The molecule has 0 aliphatic carbocycles. The number of pyridine rings is 1. The summed E-state index contributed by atoms with van der Waals surface area (Å²) >= 11 is 7.41. The summed E-state index contributed by atoms with van der Waals surface area (Å²) in [7, 11) is 3.34. The van der Waals surface area contributed by atoms with Gasteiger partial charge in [0.1, 0.15) is 24.7 Å². The molecule has 2 aliphatic rings. The maximum atomic E-state index is 6.39. The van der Waals surface area contributed by atoms with Gasteiger partial charge in [-0.15, -0.1) is 0 Å². The molecule has 2 fully saturated rings. The number of nitrogens with one attached hydrogen (secondary N) is 1. The van der Waals surface area contributed by atoms with Gasteiger partial charge in [0.25, 0.3) is 0 Å². The molecule has 8 nitrogen and oxygen atoms in total. The largest absolute Gasteiger partial charge is 0.496 e. The van der Waals surface area contributed by atoms with Gasteiger partial charge in [0, 0.05) is 36.3 Å².